The molecule has 41 heavy (non-hydrogen) atoms. The van der Waals surface area contributed by atoms with Crippen molar-refractivity contribution in [1.29, 1.82) is 0 Å². The molecule has 1 unspecified atom stereocenters. The van der Waals surface area contributed by atoms with Crippen molar-refractivity contribution < 1.29 is 4.42 Å². The Morgan fingerprint density at radius 3 is 2.49 bits per heavy atom. The maximum atomic E-state index is 6.63. The van der Waals surface area contributed by atoms with Crippen LogP contribution in [0.2, 0.25) is 0 Å². The molecular weight excluding hydrogens is 500 g/mol. The molecule has 2 aliphatic heterocycles. The quantitative estimate of drug-likeness (QED) is 0.228. The number of furan rings is 1. The third-order valence-electron chi connectivity index (χ3n) is 9.17. The number of rotatable bonds is 4. The van der Waals surface area contributed by atoms with Gasteiger partial charge >= 0.3 is 0 Å². The highest BCUT2D eigenvalue weighted by molar-refractivity contribution is 5.99. The molecule has 0 saturated heterocycles. The monoisotopic (exact) mass is 536 g/mol. The molecule has 0 spiro atoms. The molecule has 1 aromatic heterocycles. The minimum atomic E-state index is 0.108. The summed E-state index contributed by atoms with van der Waals surface area (Å²) in [4.78, 5) is 5.18. The van der Waals surface area contributed by atoms with Gasteiger partial charge in [-0.25, -0.2) is 0 Å². The summed E-state index contributed by atoms with van der Waals surface area (Å²) in [6.45, 7) is 9.92. The van der Waals surface area contributed by atoms with Gasteiger partial charge in [0.15, 0.2) is 0 Å². The van der Waals surface area contributed by atoms with Gasteiger partial charge < -0.3 is 14.2 Å². The summed E-state index contributed by atoms with van der Waals surface area (Å²) >= 11 is 0. The molecule has 3 heteroatoms. The van der Waals surface area contributed by atoms with E-state index < -0.39 is 0 Å². The lowest BCUT2D eigenvalue weighted by molar-refractivity contribution is 0.288. The van der Waals surface area contributed by atoms with Crippen molar-refractivity contribution in [2.75, 3.05) is 4.90 Å². The van der Waals surface area contributed by atoms with E-state index in [0.717, 1.165) is 37.2 Å². The molecular formula is C38H36N2O. The van der Waals surface area contributed by atoms with Crippen molar-refractivity contribution in [3.63, 3.8) is 0 Å². The summed E-state index contributed by atoms with van der Waals surface area (Å²) < 4.78 is 6.63. The average Bonchev–Trinajstić information content (AvgIpc) is 3.58. The van der Waals surface area contributed by atoms with E-state index >= 15 is 0 Å². The Kier molecular flexibility index (Phi) is 5.47. The Morgan fingerprint density at radius 2 is 1.71 bits per heavy atom. The Morgan fingerprint density at radius 1 is 0.902 bits per heavy atom. The number of nitrogens with zero attached hydrogens (tertiary/aromatic N) is 2. The molecule has 3 aliphatic rings. The van der Waals surface area contributed by atoms with Crippen LogP contribution in [0, 0.1) is 19.8 Å². The van der Waals surface area contributed by atoms with Crippen molar-refractivity contribution in [2.24, 2.45) is 5.92 Å². The van der Waals surface area contributed by atoms with Gasteiger partial charge in [-0.1, -0.05) is 68.5 Å². The van der Waals surface area contributed by atoms with Crippen molar-refractivity contribution in [3.05, 3.63) is 124 Å². The molecule has 0 radical (unpaired) electrons. The van der Waals surface area contributed by atoms with Crippen LogP contribution >= 0.6 is 0 Å². The molecule has 0 bridgehead atoms. The predicted molar refractivity (Wildman–Crippen MR) is 170 cm³/mol. The number of hydrogen-bond donors (Lipinski definition) is 0. The van der Waals surface area contributed by atoms with Gasteiger partial charge in [0.25, 0.3) is 0 Å². The van der Waals surface area contributed by atoms with E-state index in [4.69, 9.17) is 4.42 Å². The number of benzene rings is 4. The Bertz CT molecular complexity index is 1880. The zero-order valence-electron chi connectivity index (χ0n) is 24.4. The van der Waals surface area contributed by atoms with Gasteiger partial charge in [-0.3, -0.25) is 0 Å². The van der Waals surface area contributed by atoms with Crippen LogP contribution in [-0.4, -0.2) is 4.90 Å². The number of aryl methyl sites for hydroxylation is 2. The van der Waals surface area contributed by atoms with Crippen LogP contribution in [0.5, 0.6) is 0 Å². The highest BCUT2D eigenvalue weighted by atomic mass is 16.3. The second-order valence-corrected chi connectivity index (χ2v) is 12.5. The first-order valence-electron chi connectivity index (χ1n) is 15.1. The lowest BCUT2D eigenvalue weighted by Gasteiger charge is -2.31. The van der Waals surface area contributed by atoms with Crippen LogP contribution in [0.25, 0.3) is 32.9 Å². The van der Waals surface area contributed by atoms with E-state index in [-0.39, 0.29) is 6.17 Å². The molecule has 0 saturated carbocycles. The summed E-state index contributed by atoms with van der Waals surface area (Å²) in [5.41, 5.74) is 13.0. The maximum Gasteiger partial charge on any atom is 0.137 e. The topological polar surface area (TPSA) is 19.6 Å². The molecule has 4 aromatic carbocycles. The minimum Gasteiger partial charge on any atom is -0.459 e. The van der Waals surface area contributed by atoms with E-state index in [1.54, 1.807) is 0 Å². The smallest absolute Gasteiger partial charge is 0.137 e. The lowest BCUT2D eigenvalue weighted by Crippen LogP contribution is -2.28. The third kappa shape index (κ3) is 3.79. The van der Waals surface area contributed by atoms with Gasteiger partial charge in [-0.15, -0.1) is 0 Å². The summed E-state index contributed by atoms with van der Waals surface area (Å²) in [5, 5.41) is 3.81. The fourth-order valence-electron chi connectivity index (χ4n) is 7.57. The number of allylic oxidation sites excluding steroid dienone is 3. The van der Waals surface area contributed by atoms with Crippen LogP contribution in [0.1, 0.15) is 60.9 Å². The van der Waals surface area contributed by atoms with Gasteiger partial charge in [0, 0.05) is 22.3 Å². The highest BCUT2D eigenvalue weighted by Gasteiger charge is 2.47. The molecule has 3 nitrogen and oxygen atoms in total. The van der Waals surface area contributed by atoms with Crippen LogP contribution in [0.4, 0.5) is 5.69 Å². The van der Waals surface area contributed by atoms with E-state index in [0.29, 0.717) is 5.92 Å². The minimum absolute atomic E-state index is 0.108. The second kappa shape index (κ2) is 9.14. The molecule has 1 atom stereocenters. The van der Waals surface area contributed by atoms with Gasteiger partial charge in [0.2, 0.25) is 0 Å². The fraction of sp³-hybridized carbons (Fsp3) is 0.263. The summed E-state index contributed by atoms with van der Waals surface area (Å²) in [6.07, 6.45) is 8.06. The van der Waals surface area contributed by atoms with Gasteiger partial charge in [-0.05, 0) is 108 Å². The van der Waals surface area contributed by atoms with Crippen LogP contribution in [0.15, 0.2) is 101 Å². The molecule has 0 amide bonds. The maximum absolute atomic E-state index is 6.63. The fourth-order valence-corrected chi connectivity index (χ4v) is 7.57. The van der Waals surface area contributed by atoms with E-state index in [1.165, 1.54) is 66.6 Å². The SMILES string of the molecule is Cc1cc(N2C3=C(CCC=C3)N3Cc4oc5cc6ccc(CC(C)C)cc6cc5c4C32)cc(C)c1-c1ccccc1. The first-order valence-corrected chi connectivity index (χ1v) is 15.1. The van der Waals surface area contributed by atoms with Crippen molar-refractivity contribution in [3.8, 4) is 11.1 Å². The average molecular weight is 537 g/mol. The predicted octanol–water partition coefficient (Wildman–Crippen LogP) is 9.96. The van der Waals surface area contributed by atoms with Gasteiger partial charge in [0.1, 0.15) is 17.5 Å². The standard InChI is InChI=1S/C38H36N2O/c1-23(2)16-26-14-15-28-21-34-31(20-29(28)19-26)37-35(41-34)22-39-32-12-8-9-13-33(32)40(38(37)39)30-17-24(3)36(25(4)18-30)27-10-6-5-7-11-27/h5-7,9-11,13-15,17-21,23,38H,8,12,16,22H2,1-4H3. The molecule has 204 valence electrons. The third-order valence-corrected chi connectivity index (χ3v) is 9.17. The zero-order valence-corrected chi connectivity index (χ0v) is 24.4. The van der Waals surface area contributed by atoms with Crippen LogP contribution < -0.4 is 4.90 Å². The van der Waals surface area contributed by atoms with Crippen molar-refractivity contribution >= 4 is 27.4 Å². The summed E-state index contributed by atoms with van der Waals surface area (Å²) in [5.74, 6) is 1.75. The van der Waals surface area contributed by atoms with Gasteiger partial charge in [0.05, 0.1) is 12.2 Å². The summed E-state index contributed by atoms with van der Waals surface area (Å²) in [7, 11) is 0. The van der Waals surface area contributed by atoms with Gasteiger partial charge in [-0.2, -0.15) is 0 Å². The number of hydrogen-bond acceptors (Lipinski definition) is 3. The van der Waals surface area contributed by atoms with Crippen LogP contribution in [-0.2, 0) is 13.0 Å². The first kappa shape index (κ1) is 24.5. The Hall–Kier alpha value is -4.24. The molecule has 1 aliphatic carbocycles. The summed E-state index contributed by atoms with van der Waals surface area (Å²) in [6, 6.07) is 27.1. The molecule has 0 N–H and O–H groups in total. The lowest BCUT2D eigenvalue weighted by atomic mass is 9.94. The van der Waals surface area contributed by atoms with Crippen molar-refractivity contribution in [2.45, 2.75) is 59.7 Å². The normalized spacial score (nSPS) is 17.7. The Labute approximate surface area is 242 Å². The number of fused-ring (bicyclic) bond motifs is 7. The van der Waals surface area contributed by atoms with E-state index in [9.17, 15) is 0 Å². The first-order chi connectivity index (χ1) is 20.0. The molecule has 3 heterocycles. The zero-order chi connectivity index (χ0) is 27.8. The van der Waals surface area contributed by atoms with Crippen LogP contribution in [0.3, 0.4) is 0 Å². The number of anilines is 1. The molecule has 5 aromatic rings. The van der Waals surface area contributed by atoms with E-state index in [1.807, 2.05) is 0 Å². The van der Waals surface area contributed by atoms with E-state index in [2.05, 4.69) is 122 Å². The van der Waals surface area contributed by atoms with Crippen molar-refractivity contribution in [1.82, 2.24) is 4.90 Å². The second-order valence-electron chi connectivity index (χ2n) is 12.5. The largest absolute Gasteiger partial charge is 0.459 e. The highest BCUT2D eigenvalue weighted by Crippen LogP contribution is 2.54. The molecule has 0 fully saturated rings. The Balaban J connectivity index is 1.29. The molecule has 8 rings (SSSR count).